The Morgan fingerprint density at radius 3 is 2.88 bits per heavy atom. The number of anilines is 1. The van der Waals surface area contributed by atoms with Crippen LogP contribution in [0.5, 0.6) is 0 Å². The molecular formula is C10H13BrN4O. The fourth-order valence-corrected chi connectivity index (χ4v) is 2.10. The van der Waals surface area contributed by atoms with Crippen molar-refractivity contribution in [2.75, 3.05) is 18.5 Å². The van der Waals surface area contributed by atoms with Crippen LogP contribution in [0.4, 0.5) is 5.95 Å². The second-order valence-corrected chi connectivity index (χ2v) is 4.58. The number of halogens is 1. The molecule has 1 fully saturated rings. The van der Waals surface area contributed by atoms with Gasteiger partial charge in [-0.3, -0.25) is 4.79 Å². The Hall–Kier alpha value is -1.17. The molecule has 2 heterocycles. The summed E-state index contributed by atoms with van der Waals surface area (Å²) in [5.74, 6) is 0.651. The van der Waals surface area contributed by atoms with Gasteiger partial charge in [0, 0.05) is 26.0 Å². The van der Waals surface area contributed by atoms with Crippen molar-refractivity contribution >= 4 is 27.8 Å². The molecule has 1 N–H and O–H groups in total. The highest BCUT2D eigenvalue weighted by molar-refractivity contribution is 9.10. The number of amides is 1. The summed E-state index contributed by atoms with van der Waals surface area (Å²) >= 11 is 3.29. The molecule has 2 rings (SSSR count). The smallest absolute Gasteiger partial charge is 0.242 e. The molecule has 1 amide bonds. The van der Waals surface area contributed by atoms with Crippen LogP contribution in [0.25, 0.3) is 0 Å². The van der Waals surface area contributed by atoms with E-state index in [4.69, 9.17) is 0 Å². The van der Waals surface area contributed by atoms with Crippen molar-refractivity contribution in [2.45, 2.75) is 18.9 Å². The zero-order valence-corrected chi connectivity index (χ0v) is 10.6. The minimum atomic E-state index is -0.133. The molecule has 0 spiro atoms. The number of carbonyl (C=O) groups excluding carboxylic acids is 1. The predicted molar refractivity (Wildman–Crippen MR) is 64.2 cm³/mol. The Labute approximate surface area is 102 Å². The van der Waals surface area contributed by atoms with Gasteiger partial charge >= 0.3 is 0 Å². The standard InChI is InChI=1S/C10H13BrN4O/c1-12-9(16)8-3-2-4-15(8)10-13-5-7(11)6-14-10/h5-6,8H,2-4H2,1H3,(H,12,16). The fourth-order valence-electron chi connectivity index (χ4n) is 1.90. The second kappa shape index (κ2) is 4.78. The molecule has 0 radical (unpaired) electrons. The summed E-state index contributed by atoms with van der Waals surface area (Å²) in [7, 11) is 1.65. The normalized spacial score (nSPS) is 19.9. The molecule has 1 aromatic rings. The van der Waals surface area contributed by atoms with Gasteiger partial charge in [0.1, 0.15) is 6.04 Å². The summed E-state index contributed by atoms with van der Waals surface area (Å²) in [5.41, 5.74) is 0. The highest BCUT2D eigenvalue weighted by Gasteiger charge is 2.31. The topological polar surface area (TPSA) is 58.1 Å². The fraction of sp³-hybridized carbons (Fsp3) is 0.500. The average Bonchev–Trinajstić information content (AvgIpc) is 2.78. The summed E-state index contributed by atoms with van der Waals surface area (Å²) in [5, 5.41) is 2.67. The van der Waals surface area contributed by atoms with Crippen LogP contribution in [0.3, 0.4) is 0 Å². The van der Waals surface area contributed by atoms with E-state index < -0.39 is 0 Å². The Morgan fingerprint density at radius 1 is 1.56 bits per heavy atom. The van der Waals surface area contributed by atoms with Crippen molar-refractivity contribution < 1.29 is 4.79 Å². The molecule has 0 aromatic carbocycles. The highest BCUT2D eigenvalue weighted by atomic mass is 79.9. The molecule has 0 bridgehead atoms. The van der Waals surface area contributed by atoms with Crippen LogP contribution < -0.4 is 10.2 Å². The van der Waals surface area contributed by atoms with Crippen molar-refractivity contribution in [2.24, 2.45) is 0 Å². The first-order chi connectivity index (χ1) is 7.72. The van der Waals surface area contributed by atoms with E-state index in [2.05, 4.69) is 31.2 Å². The van der Waals surface area contributed by atoms with Crippen molar-refractivity contribution in [3.63, 3.8) is 0 Å². The lowest BCUT2D eigenvalue weighted by Gasteiger charge is -2.22. The maximum atomic E-state index is 11.6. The van der Waals surface area contributed by atoms with Gasteiger partial charge in [-0.15, -0.1) is 0 Å². The minimum Gasteiger partial charge on any atom is -0.357 e. The van der Waals surface area contributed by atoms with Crippen LogP contribution >= 0.6 is 15.9 Å². The Balaban J connectivity index is 2.19. The van der Waals surface area contributed by atoms with Gasteiger partial charge in [-0.1, -0.05) is 0 Å². The first-order valence-electron chi connectivity index (χ1n) is 5.18. The summed E-state index contributed by atoms with van der Waals surface area (Å²) in [6.45, 7) is 0.833. The molecule has 16 heavy (non-hydrogen) atoms. The van der Waals surface area contributed by atoms with Gasteiger partial charge in [0.05, 0.1) is 4.47 Å². The number of rotatable bonds is 2. The molecule has 1 aromatic heterocycles. The van der Waals surface area contributed by atoms with Crippen LogP contribution in [0.2, 0.25) is 0 Å². The largest absolute Gasteiger partial charge is 0.357 e. The van der Waals surface area contributed by atoms with E-state index >= 15 is 0 Å². The Kier molecular flexibility index (Phi) is 3.38. The van der Waals surface area contributed by atoms with Crippen LogP contribution in [0, 0.1) is 0 Å². The molecule has 0 aliphatic carbocycles. The minimum absolute atomic E-state index is 0.0315. The zero-order valence-electron chi connectivity index (χ0n) is 8.98. The van der Waals surface area contributed by atoms with E-state index in [1.54, 1.807) is 19.4 Å². The first-order valence-corrected chi connectivity index (χ1v) is 5.97. The summed E-state index contributed by atoms with van der Waals surface area (Å²) in [6.07, 6.45) is 5.25. The molecule has 1 atom stereocenters. The van der Waals surface area contributed by atoms with Gasteiger partial charge in [-0.25, -0.2) is 9.97 Å². The van der Waals surface area contributed by atoms with Crippen LogP contribution in [0.15, 0.2) is 16.9 Å². The Bertz CT molecular complexity index is 381. The number of hydrogen-bond donors (Lipinski definition) is 1. The van der Waals surface area contributed by atoms with Gasteiger partial charge < -0.3 is 10.2 Å². The number of likely N-dealkylation sites (N-methyl/N-ethyl adjacent to an activating group) is 1. The predicted octanol–water partition coefficient (Wildman–Crippen LogP) is 0.954. The van der Waals surface area contributed by atoms with Crippen molar-refractivity contribution in [1.29, 1.82) is 0 Å². The molecule has 1 unspecified atom stereocenters. The molecule has 1 aliphatic heterocycles. The van der Waals surface area contributed by atoms with Gasteiger partial charge in [-0.2, -0.15) is 0 Å². The van der Waals surface area contributed by atoms with Crippen molar-refractivity contribution in [3.05, 3.63) is 16.9 Å². The average molecular weight is 285 g/mol. The molecule has 1 saturated heterocycles. The molecule has 0 saturated carbocycles. The first kappa shape index (κ1) is 11.3. The number of nitrogens with zero attached hydrogens (tertiary/aromatic N) is 3. The van der Waals surface area contributed by atoms with E-state index in [1.165, 1.54) is 0 Å². The SMILES string of the molecule is CNC(=O)C1CCCN1c1ncc(Br)cn1. The highest BCUT2D eigenvalue weighted by Crippen LogP contribution is 2.22. The number of nitrogens with one attached hydrogen (secondary N) is 1. The third-order valence-corrected chi connectivity index (χ3v) is 3.07. The molecule has 5 nitrogen and oxygen atoms in total. The van der Waals surface area contributed by atoms with E-state index in [9.17, 15) is 4.79 Å². The molecule has 86 valence electrons. The van der Waals surface area contributed by atoms with Crippen molar-refractivity contribution in [3.8, 4) is 0 Å². The van der Waals surface area contributed by atoms with E-state index in [0.717, 1.165) is 23.9 Å². The third kappa shape index (κ3) is 2.16. The van der Waals surface area contributed by atoms with Gasteiger partial charge in [0.2, 0.25) is 11.9 Å². The van der Waals surface area contributed by atoms with Crippen LogP contribution in [-0.4, -0.2) is 35.5 Å². The maximum Gasteiger partial charge on any atom is 0.242 e. The number of hydrogen-bond acceptors (Lipinski definition) is 4. The lowest BCUT2D eigenvalue weighted by molar-refractivity contribution is -0.121. The molecule has 1 aliphatic rings. The second-order valence-electron chi connectivity index (χ2n) is 3.67. The number of carbonyl (C=O) groups is 1. The molecular weight excluding hydrogens is 272 g/mol. The van der Waals surface area contributed by atoms with Crippen molar-refractivity contribution in [1.82, 2.24) is 15.3 Å². The monoisotopic (exact) mass is 284 g/mol. The van der Waals surface area contributed by atoms with E-state index in [1.807, 2.05) is 4.90 Å². The summed E-state index contributed by atoms with van der Waals surface area (Å²) in [4.78, 5) is 22.0. The zero-order chi connectivity index (χ0) is 11.5. The number of aromatic nitrogens is 2. The Morgan fingerprint density at radius 2 is 2.25 bits per heavy atom. The van der Waals surface area contributed by atoms with Crippen LogP contribution in [-0.2, 0) is 4.79 Å². The molecule has 6 heteroatoms. The third-order valence-electron chi connectivity index (χ3n) is 2.67. The van der Waals surface area contributed by atoms with Gasteiger partial charge in [-0.05, 0) is 28.8 Å². The summed E-state index contributed by atoms with van der Waals surface area (Å²) < 4.78 is 0.840. The maximum absolute atomic E-state index is 11.6. The van der Waals surface area contributed by atoms with E-state index in [-0.39, 0.29) is 11.9 Å². The summed E-state index contributed by atoms with van der Waals surface area (Å²) in [6, 6.07) is -0.133. The van der Waals surface area contributed by atoms with Crippen LogP contribution in [0.1, 0.15) is 12.8 Å². The van der Waals surface area contributed by atoms with Gasteiger partial charge in [0.15, 0.2) is 0 Å². The van der Waals surface area contributed by atoms with E-state index in [0.29, 0.717) is 5.95 Å². The lowest BCUT2D eigenvalue weighted by atomic mass is 10.2. The quantitative estimate of drug-likeness (QED) is 0.879. The lowest BCUT2D eigenvalue weighted by Crippen LogP contribution is -2.42. The van der Waals surface area contributed by atoms with Gasteiger partial charge in [0.25, 0.3) is 0 Å².